The van der Waals surface area contributed by atoms with Crippen molar-refractivity contribution in [3.63, 3.8) is 0 Å². The smallest absolute Gasteiger partial charge is 0.281 e. The lowest BCUT2D eigenvalue weighted by molar-refractivity contribution is -0.144. The Labute approximate surface area is 151 Å². The number of urea groups is 1. The first-order valence-electron chi connectivity index (χ1n) is 8.64. The maximum absolute atomic E-state index is 12.6. The third-order valence-corrected chi connectivity index (χ3v) is 4.87. The van der Waals surface area contributed by atoms with Gasteiger partial charge in [-0.3, -0.25) is 19.4 Å². The normalized spacial score (nSPS) is 17.8. The van der Waals surface area contributed by atoms with Gasteiger partial charge in [0.05, 0.1) is 13.2 Å². The van der Waals surface area contributed by atoms with E-state index in [1.807, 2.05) is 47.4 Å². The Kier molecular flexibility index (Phi) is 4.26. The van der Waals surface area contributed by atoms with Crippen LogP contribution >= 0.6 is 0 Å². The SMILES string of the molecule is O=C1C(=O)N(CN2CCc3ccccc3C2)C(=O)N1Cc1ccccc1. The molecule has 26 heavy (non-hydrogen) atoms. The highest BCUT2D eigenvalue weighted by atomic mass is 16.2. The third-order valence-electron chi connectivity index (χ3n) is 4.87. The van der Waals surface area contributed by atoms with Gasteiger partial charge in [-0.05, 0) is 23.1 Å². The van der Waals surface area contributed by atoms with Gasteiger partial charge in [-0.25, -0.2) is 9.69 Å². The summed E-state index contributed by atoms with van der Waals surface area (Å²) in [7, 11) is 0. The molecule has 0 spiro atoms. The zero-order valence-electron chi connectivity index (χ0n) is 14.3. The monoisotopic (exact) mass is 349 g/mol. The zero-order valence-corrected chi connectivity index (χ0v) is 14.3. The van der Waals surface area contributed by atoms with Crippen LogP contribution in [0.5, 0.6) is 0 Å². The van der Waals surface area contributed by atoms with Crippen molar-refractivity contribution in [2.45, 2.75) is 19.5 Å². The molecule has 4 amide bonds. The molecule has 2 aliphatic rings. The Morgan fingerprint density at radius 2 is 1.42 bits per heavy atom. The Bertz CT molecular complexity index is 866. The molecule has 132 valence electrons. The number of hydrogen-bond donors (Lipinski definition) is 0. The number of amides is 4. The molecule has 0 atom stereocenters. The number of fused-ring (bicyclic) bond motifs is 1. The number of hydrogen-bond acceptors (Lipinski definition) is 4. The van der Waals surface area contributed by atoms with Crippen LogP contribution in [0.2, 0.25) is 0 Å². The molecule has 2 aromatic rings. The van der Waals surface area contributed by atoms with Crippen LogP contribution in [0.15, 0.2) is 54.6 Å². The van der Waals surface area contributed by atoms with Crippen LogP contribution in [0, 0.1) is 0 Å². The summed E-state index contributed by atoms with van der Waals surface area (Å²) < 4.78 is 0. The van der Waals surface area contributed by atoms with Gasteiger partial charge < -0.3 is 0 Å². The molecule has 2 heterocycles. The van der Waals surface area contributed by atoms with Gasteiger partial charge in [-0.1, -0.05) is 54.6 Å². The van der Waals surface area contributed by atoms with Crippen LogP contribution in [0.3, 0.4) is 0 Å². The molecule has 0 radical (unpaired) electrons. The highest BCUT2D eigenvalue weighted by Crippen LogP contribution is 2.21. The second-order valence-corrected chi connectivity index (χ2v) is 6.61. The summed E-state index contributed by atoms with van der Waals surface area (Å²) in [5.74, 6) is -1.50. The Morgan fingerprint density at radius 3 is 2.19 bits per heavy atom. The van der Waals surface area contributed by atoms with Gasteiger partial charge in [0, 0.05) is 13.1 Å². The number of benzene rings is 2. The van der Waals surface area contributed by atoms with Gasteiger partial charge in [0.1, 0.15) is 0 Å². The van der Waals surface area contributed by atoms with Crippen molar-refractivity contribution in [2.24, 2.45) is 0 Å². The Morgan fingerprint density at radius 1 is 0.769 bits per heavy atom. The van der Waals surface area contributed by atoms with Crippen LogP contribution in [0.4, 0.5) is 4.79 Å². The van der Waals surface area contributed by atoms with Gasteiger partial charge in [0.25, 0.3) is 0 Å². The molecule has 1 saturated heterocycles. The van der Waals surface area contributed by atoms with Crippen molar-refractivity contribution in [1.82, 2.24) is 14.7 Å². The van der Waals surface area contributed by atoms with Crippen LogP contribution < -0.4 is 0 Å². The average molecular weight is 349 g/mol. The fourth-order valence-electron chi connectivity index (χ4n) is 3.46. The summed E-state index contributed by atoms with van der Waals surface area (Å²) in [5.41, 5.74) is 3.31. The molecule has 6 heteroatoms. The van der Waals surface area contributed by atoms with E-state index >= 15 is 0 Å². The predicted octanol–water partition coefficient (Wildman–Crippen LogP) is 1.99. The summed E-state index contributed by atoms with van der Waals surface area (Å²) in [4.78, 5) is 41.3. The summed E-state index contributed by atoms with van der Waals surface area (Å²) in [5, 5.41) is 0. The van der Waals surface area contributed by atoms with E-state index in [0.29, 0.717) is 6.54 Å². The second kappa shape index (κ2) is 6.72. The molecule has 6 nitrogen and oxygen atoms in total. The molecule has 2 aliphatic heterocycles. The van der Waals surface area contributed by atoms with Crippen molar-refractivity contribution in [2.75, 3.05) is 13.2 Å². The number of carbonyl (C=O) groups excluding carboxylic acids is 3. The van der Waals surface area contributed by atoms with Crippen molar-refractivity contribution < 1.29 is 14.4 Å². The molecule has 1 fully saturated rings. The molecule has 0 unspecified atom stereocenters. The van der Waals surface area contributed by atoms with Crippen molar-refractivity contribution in [3.05, 3.63) is 71.3 Å². The molecule has 4 rings (SSSR count). The lowest BCUT2D eigenvalue weighted by atomic mass is 10.0. The molecule has 0 N–H and O–H groups in total. The Hall–Kier alpha value is -2.99. The topological polar surface area (TPSA) is 60.9 Å². The summed E-state index contributed by atoms with van der Waals surface area (Å²) in [6.07, 6.45) is 0.869. The standard InChI is InChI=1S/C20H19N3O3/c24-18-19(25)23(20(26)22(18)12-15-6-2-1-3-7-15)14-21-11-10-16-8-4-5-9-17(16)13-21/h1-9H,10-14H2. The summed E-state index contributed by atoms with van der Waals surface area (Å²) in [6.45, 7) is 1.67. The fourth-order valence-corrected chi connectivity index (χ4v) is 3.46. The van der Waals surface area contributed by atoms with E-state index in [9.17, 15) is 14.4 Å². The van der Waals surface area contributed by atoms with E-state index < -0.39 is 17.8 Å². The first-order valence-corrected chi connectivity index (χ1v) is 8.64. The van der Waals surface area contributed by atoms with E-state index in [2.05, 4.69) is 12.1 Å². The fraction of sp³-hybridized carbons (Fsp3) is 0.250. The van der Waals surface area contributed by atoms with E-state index in [1.54, 1.807) is 0 Å². The molecule has 0 bridgehead atoms. The molecule has 2 aromatic carbocycles. The lowest BCUT2D eigenvalue weighted by Gasteiger charge is -2.30. The largest absolute Gasteiger partial charge is 0.335 e. The highest BCUT2D eigenvalue weighted by molar-refractivity contribution is 6.44. The van der Waals surface area contributed by atoms with E-state index in [0.717, 1.165) is 28.3 Å². The predicted molar refractivity (Wildman–Crippen MR) is 94.7 cm³/mol. The quantitative estimate of drug-likeness (QED) is 0.626. The number of imide groups is 2. The summed E-state index contributed by atoms with van der Waals surface area (Å²) in [6, 6.07) is 16.8. The van der Waals surface area contributed by atoms with Crippen molar-refractivity contribution in [1.29, 1.82) is 0 Å². The van der Waals surface area contributed by atoms with Crippen molar-refractivity contribution in [3.8, 4) is 0 Å². The first kappa shape index (κ1) is 16.5. The number of nitrogens with zero attached hydrogens (tertiary/aromatic N) is 3. The maximum atomic E-state index is 12.6. The van der Waals surface area contributed by atoms with Crippen LogP contribution in [0.1, 0.15) is 16.7 Å². The van der Waals surface area contributed by atoms with E-state index in [4.69, 9.17) is 0 Å². The molecule has 0 aliphatic carbocycles. The minimum atomic E-state index is -0.753. The average Bonchev–Trinajstić information content (AvgIpc) is 2.87. The molecular formula is C20H19N3O3. The second-order valence-electron chi connectivity index (χ2n) is 6.61. The lowest BCUT2D eigenvalue weighted by Crippen LogP contribution is -2.44. The number of carbonyl (C=O) groups is 3. The first-order chi connectivity index (χ1) is 12.6. The highest BCUT2D eigenvalue weighted by Gasteiger charge is 2.45. The Balaban J connectivity index is 1.47. The van der Waals surface area contributed by atoms with Crippen LogP contribution in [0.25, 0.3) is 0 Å². The number of rotatable bonds is 4. The van der Waals surface area contributed by atoms with Gasteiger partial charge in [-0.2, -0.15) is 0 Å². The van der Waals surface area contributed by atoms with Gasteiger partial charge >= 0.3 is 17.8 Å². The molecular weight excluding hydrogens is 330 g/mol. The molecule has 0 saturated carbocycles. The van der Waals surface area contributed by atoms with Gasteiger partial charge in [-0.15, -0.1) is 0 Å². The maximum Gasteiger partial charge on any atom is 0.335 e. The zero-order chi connectivity index (χ0) is 18.1. The van der Waals surface area contributed by atoms with Crippen LogP contribution in [-0.4, -0.2) is 45.8 Å². The van der Waals surface area contributed by atoms with Gasteiger partial charge in [0.2, 0.25) is 0 Å². The van der Waals surface area contributed by atoms with Crippen molar-refractivity contribution >= 4 is 17.8 Å². The molecule has 0 aromatic heterocycles. The van der Waals surface area contributed by atoms with Gasteiger partial charge in [0.15, 0.2) is 0 Å². The van der Waals surface area contributed by atoms with Crippen LogP contribution in [-0.2, 0) is 29.1 Å². The third kappa shape index (κ3) is 2.99. The van der Waals surface area contributed by atoms with E-state index in [1.165, 1.54) is 11.1 Å². The van der Waals surface area contributed by atoms with E-state index in [-0.39, 0.29) is 13.2 Å². The minimum Gasteiger partial charge on any atom is -0.281 e. The summed E-state index contributed by atoms with van der Waals surface area (Å²) >= 11 is 0. The minimum absolute atomic E-state index is 0.115.